The van der Waals surface area contributed by atoms with Crippen LogP contribution in [0.3, 0.4) is 0 Å². The zero-order valence-corrected chi connectivity index (χ0v) is 16.7. The van der Waals surface area contributed by atoms with Gasteiger partial charge in [-0.1, -0.05) is 24.3 Å². The second kappa shape index (κ2) is 8.26. The van der Waals surface area contributed by atoms with Crippen molar-refractivity contribution in [2.24, 2.45) is 10.7 Å². The topological polar surface area (TPSA) is 77.3 Å². The minimum absolute atomic E-state index is 0.0338. The average Bonchev–Trinajstić information content (AvgIpc) is 3.33. The number of rotatable bonds is 4. The molecule has 9 heteroatoms. The van der Waals surface area contributed by atoms with Gasteiger partial charge >= 0.3 is 6.18 Å². The van der Waals surface area contributed by atoms with Gasteiger partial charge in [-0.15, -0.1) is 0 Å². The number of aliphatic imine (C=N–C) groups is 1. The average molecular weight is 440 g/mol. The lowest BCUT2D eigenvalue weighted by Gasteiger charge is -2.11. The van der Waals surface area contributed by atoms with Crippen LogP contribution in [0.2, 0.25) is 0 Å². The number of amidine groups is 1. The Morgan fingerprint density at radius 1 is 0.938 bits per heavy atom. The Labute approximate surface area is 180 Å². The lowest BCUT2D eigenvalue weighted by atomic mass is 10.00. The first kappa shape index (κ1) is 21.2. The maximum atomic E-state index is 14.1. The Balaban J connectivity index is 1.83. The number of benzene rings is 2. The maximum Gasteiger partial charge on any atom is 0.433 e. The van der Waals surface area contributed by atoms with E-state index in [1.54, 1.807) is 30.3 Å². The first-order valence-corrected chi connectivity index (χ1v) is 9.38. The number of hydrogen-bond acceptors (Lipinski definition) is 4. The van der Waals surface area contributed by atoms with Gasteiger partial charge in [0.05, 0.1) is 23.8 Å². The molecular weight excluding hydrogens is 424 g/mol. The molecule has 0 aliphatic rings. The van der Waals surface area contributed by atoms with Crippen LogP contribution in [0.1, 0.15) is 11.3 Å². The molecule has 0 amide bonds. The molecule has 2 aromatic carbocycles. The van der Waals surface area contributed by atoms with Gasteiger partial charge in [-0.3, -0.25) is 4.99 Å². The molecule has 5 nitrogen and oxygen atoms in total. The largest absolute Gasteiger partial charge is 0.472 e. The van der Waals surface area contributed by atoms with E-state index in [2.05, 4.69) is 15.0 Å². The smallest absolute Gasteiger partial charge is 0.433 e. The third kappa shape index (κ3) is 4.22. The zero-order valence-electron chi connectivity index (χ0n) is 16.7. The van der Waals surface area contributed by atoms with Crippen LogP contribution < -0.4 is 5.73 Å². The summed E-state index contributed by atoms with van der Waals surface area (Å²) in [4.78, 5) is 11.8. The lowest BCUT2D eigenvalue weighted by Crippen LogP contribution is -2.15. The number of alkyl halides is 3. The summed E-state index contributed by atoms with van der Waals surface area (Å²) in [5.74, 6) is -0.597. The van der Waals surface area contributed by atoms with Crippen molar-refractivity contribution in [1.82, 2.24) is 9.97 Å². The predicted molar refractivity (Wildman–Crippen MR) is 112 cm³/mol. The summed E-state index contributed by atoms with van der Waals surface area (Å²) in [5, 5.41) is 0. The Bertz CT molecular complexity index is 1300. The van der Waals surface area contributed by atoms with Crippen LogP contribution in [-0.4, -0.2) is 22.9 Å². The third-order valence-electron chi connectivity index (χ3n) is 4.77. The van der Waals surface area contributed by atoms with Gasteiger partial charge in [0, 0.05) is 18.2 Å². The molecule has 0 unspecified atom stereocenters. The Morgan fingerprint density at radius 3 is 2.38 bits per heavy atom. The van der Waals surface area contributed by atoms with Gasteiger partial charge in [-0.25, -0.2) is 14.4 Å². The molecule has 0 radical (unpaired) electrons. The predicted octanol–water partition coefficient (Wildman–Crippen LogP) is 5.56. The van der Waals surface area contributed by atoms with Crippen LogP contribution in [0.25, 0.3) is 33.8 Å². The van der Waals surface area contributed by atoms with E-state index in [4.69, 9.17) is 10.2 Å². The SMILES string of the molecule is CN=C(N)c1cc(-c2cccc(-c3nc(-c4ccoc4)cc(C(F)(F)F)n3)c2)ccc1F. The molecule has 4 rings (SSSR count). The monoisotopic (exact) mass is 440 g/mol. The van der Waals surface area contributed by atoms with E-state index in [0.29, 0.717) is 22.3 Å². The number of nitrogens with zero attached hydrogens (tertiary/aromatic N) is 3. The molecule has 0 spiro atoms. The molecule has 0 aliphatic heterocycles. The molecule has 2 aromatic heterocycles. The molecule has 0 saturated carbocycles. The first-order chi connectivity index (χ1) is 15.3. The van der Waals surface area contributed by atoms with E-state index in [9.17, 15) is 17.6 Å². The molecular formula is C23H16F4N4O. The fraction of sp³-hybridized carbons (Fsp3) is 0.0870. The molecule has 2 heterocycles. The van der Waals surface area contributed by atoms with Crippen LogP contribution in [0.5, 0.6) is 0 Å². The van der Waals surface area contributed by atoms with Crippen molar-refractivity contribution in [2.75, 3.05) is 7.05 Å². The van der Waals surface area contributed by atoms with Crippen LogP contribution >= 0.6 is 0 Å². The molecule has 0 bridgehead atoms. The van der Waals surface area contributed by atoms with Gasteiger partial charge in [0.2, 0.25) is 0 Å². The minimum atomic E-state index is -4.66. The highest BCUT2D eigenvalue weighted by Gasteiger charge is 2.34. The molecule has 0 fully saturated rings. The van der Waals surface area contributed by atoms with Crippen molar-refractivity contribution < 1.29 is 22.0 Å². The maximum absolute atomic E-state index is 14.1. The van der Waals surface area contributed by atoms with Crippen LogP contribution in [-0.2, 0) is 6.18 Å². The Morgan fingerprint density at radius 2 is 1.69 bits per heavy atom. The summed E-state index contributed by atoms with van der Waals surface area (Å²) in [5.41, 5.74) is 6.89. The van der Waals surface area contributed by atoms with Crippen molar-refractivity contribution >= 4 is 5.84 Å². The van der Waals surface area contributed by atoms with E-state index < -0.39 is 17.7 Å². The van der Waals surface area contributed by atoms with Crippen molar-refractivity contribution in [2.45, 2.75) is 6.18 Å². The van der Waals surface area contributed by atoms with Crippen molar-refractivity contribution in [3.63, 3.8) is 0 Å². The summed E-state index contributed by atoms with van der Waals surface area (Å²) in [6.07, 6.45) is -2.00. The molecule has 0 aliphatic carbocycles. The van der Waals surface area contributed by atoms with E-state index >= 15 is 0 Å². The second-order valence-corrected chi connectivity index (χ2v) is 6.86. The quantitative estimate of drug-likeness (QED) is 0.256. The van der Waals surface area contributed by atoms with Crippen molar-refractivity contribution in [3.8, 4) is 33.8 Å². The number of nitrogens with two attached hydrogens (primary N) is 1. The number of furan rings is 1. The van der Waals surface area contributed by atoms with Crippen molar-refractivity contribution in [3.05, 3.63) is 84.2 Å². The van der Waals surface area contributed by atoms with Gasteiger partial charge in [-0.05, 0) is 41.5 Å². The van der Waals surface area contributed by atoms with E-state index in [-0.39, 0.29) is 22.9 Å². The highest BCUT2D eigenvalue weighted by molar-refractivity contribution is 5.98. The summed E-state index contributed by atoms with van der Waals surface area (Å²) in [7, 11) is 1.45. The molecule has 4 aromatic rings. The van der Waals surface area contributed by atoms with Crippen molar-refractivity contribution in [1.29, 1.82) is 0 Å². The number of hydrogen-bond donors (Lipinski definition) is 1. The third-order valence-corrected chi connectivity index (χ3v) is 4.77. The van der Waals surface area contributed by atoms with Gasteiger partial charge in [-0.2, -0.15) is 13.2 Å². The Hall–Kier alpha value is -4.01. The summed E-state index contributed by atoms with van der Waals surface area (Å²) in [6, 6.07) is 13.4. The highest BCUT2D eigenvalue weighted by Crippen LogP contribution is 2.33. The molecule has 0 saturated heterocycles. The summed E-state index contributed by atoms with van der Waals surface area (Å²) >= 11 is 0. The first-order valence-electron chi connectivity index (χ1n) is 9.38. The van der Waals surface area contributed by atoms with E-state index in [0.717, 1.165) is 6.07 Å². The fourth-order valence-corrected chi connectivity index (χ4v) is 3.14. The fourth-order valence-electron chi connectivity index (χ4n) is 3.14. The van der Waals surface area contributed by atoms with Gasteiger partial charge < -0.3 is 10.2 Å². The minimum Gasteiger partial charge on any atom is -0.472 e. The van der Waals surface area contributed by atoms with Crippen LogP contribution in [0.15, 0.2) is 76.5 Å². The van der Waals surface area contributed by atoms with Crippen LogP contribution in [0, 0.1) is 5.82 Å². The summed E-state index contributed by atoms with van der Waals surface area (Å²) in [6.45, 7) is 0. The van der Waals surface area contributed by atoms with Crippen LogP contribution in [0.4, 0.5) is 17.6 Å². The molecule has 32 heavy (non-hydrogen) atoms. The molecule has 0 atom stereocenters. The molecule has 162 valence electrons. The normalized spacial score (nSPS) is 12.2. The Kier molecular flexibility index (Phi) is 5.48. The van der Waals surface area contributed by atoms with E-state index in [1.165, 1.54) is 37.8 Å². The standard InChI is InChI=1S/C23H16F4N4O/c1-29-21(28)17-10-14(5-6-18(17)24)13-3-2-4-15(9-13)22-30-19(16-7-8-32-12-16)11-20(31-22)23(25,26)27/h2-12H,1H3,(H2,28,29). The number of halogens is 4. The second-order valence-electron chi connectivity index (χ2n) is 6.86. The zero-order chi connectivity index (χ0) is 22.9. The lowest BCUT2D eigenvalue weighted by molar-refractivity contribution is -0.141. The van der Waals surface area contributed by atoms with Gasteiger partial charge in [0.15, 0.2) is 5.82 Å². The summed E-state index contributed by atoms with van der Waals surface area (Å²) < 4.78 is 59.5. The molecule has 2 N–H and O–H groups in total. The van der Waals surface area contributed by atoms with Gasteiger partial charge in [0.25, 0.3) is 0 Å². The van der Waals surface area contributed by atoms with E-state index in [1.807, 2.05) is 0 Å². The van der Waals surface area contributed by atoms with Gasteiger partial charge in [0.1, 0.15) is 17.3 Å². The number of aromatic nitrogens is 2. The highest BCUT2D eigenvalue weighted by atomic mass is 19.4.